The lowest BCUT2D eigenvalue weighted by molar-refractivity contribution is -0.114. The van der Waals surface area contributed by atoms with Gasteiger partial charge in [0.15, 0.2) is 0 Å². The van der Waals surface area contributed by atoms with Crippen LogP contribution < -0.4 is 10.9 Å². The molecule has 1 unspecified atom stereocenters. The molecule has 2 N–H and O–H groups in total. The molecule has 134 valence electrons. The molecule has 2 heterocycles. The highest BCUT2D eigenvalue weighted by atomic mass is 16.4. The minimum absolute atomic E-state index is 0.165. The van der Waals surface area contributed by atoms with E-state index in [1.165, 1.54) is 6.92 Å². The van der Waals surface area contributed by atoms with Crippen LogP contribution in [0.3, 0.4) is 0 Å². The van der Waals surface area contributed by atoms with E-state index in [0.29, 0.717) is 23.9 Å². The van der Waals surface area contributed by atoms with Crippen LogP contribution in [0.15, 0.2) is 33.5 Å². The summed E-state index contributed by atoms with van der Waals surface area (Å²) in [6, 6.07) is 7.41. The maximum Gasteiger partial charge on any atom is 0.336 e. The van der Waals surface area contributed by atoms with Gasteiger partial charge in [-0.2, -0.15) is 0 Å². The van der Waals surface area contributed by atoms with Gasteiger partial charge in [0.25, 0.3) is 0 Å². The number of amides is 1. The van der Waals surface area contributed by atoms with Crippen LogP contribution in [0.4, 0.5) is 5.69 Å². The Morgan fingerprint density at radius 2 is 2.24 bits per heavy atom. The molecule has 1 aromatic carbocycles. The van der Waals surface area contributed by atoms with Gasteiger partial charge < -0.3 is 14.8 Å². The number of anilines is 1. The second-order valence-corrected chi connectivity index (χ2v) is 6.62. The summed E-state index contributed by atoms with van der Waals surface area (Å²) in [4.78, 5) is 25.5. The number of rotatable bonds is 6. The van der Waals surface area contributed by atoms with Gasteiger partial charge in [-0.3, -0.25) is 9.69 Å². The minimum Gasteiger partial charge on any atom is -0.423 e. The Hall–Kier alpha value is -2.18. The van der Waals surface area contributed by atoms with E-state index in [4.69, 9.17) is 9.52 Å². The predicted octanol–water partition coefficient (Wildman–Crippen LogP) is 2.49. The largest absolute Gasteiger partial charge is 0.423 e. The fraction of sp³-hybridized carbons (Fsp3) is 0.474. The van der Waals surface area contributed by atoms with Crippen LogP contribution >= 0.6 is 0 Å². The molecule has 3 rings (SSSR count). The molecule has 0 spiro atoms. The molecule has 1 aliphatic heterocycles. The predicted molar refractivity (Wildman–Crippen MR) is 96.5 cm³/mol. The highest BCUT2D eigenvalue weighted by Gasteiger charge is 2.24. The number of hydrogen-bond acceptors (Lipinski definition) is 5. The molecule has 0 bridgehead atoms. The van der Waals surface area contributed by atoms with Gasteiger partial charge in [-0.05, 0) is 49.9 Å². The Morgan fingerprint density at radius 3 is 3.00 bits per heavy atom. The Kier molecular flexibility index (Phi) is 5.50. The normalized spacial score (nSPS) is 17.9. The topological polar surface area (TPSA) is 82.8 Å². The molecule has 1 atom stereocenters. The van der Waals surface area contributed by atoms with Gasteiger partial charge in [0.1, 0.15) is 5.58 Å². The van der Waals surface area contributed by atoms with Crippen molar-refractivity contribution < 1.29 is 14.3 Å². The Labute approximate surface area is 146 Å². The van der Waals surface area contributed by atoms with E-state index in [9.17, 15) is 9.59 Å². The number of fused-ring (bicyclic) bond motifs is 1. The second-order valence-electron chi connectivity index (χ2n) is 6.62. The number of benzene rings is 1. The summed E-state index contributed by atoms with van der Waals surface area (Å²) in [5.74, 6) is -0.165. The number of likely N-dealkylation sites (tertiary alicyclic amines) is 1. The molecule has 0 saturated carbocycles. The van der Waals surface area contributed by atoms with Crippen molar-refractivity contribution in [2.24, 2.45) is 0 Å². The van der Waals surface area contributed by atoms with Crippen LogP contribution in [0.2, 0.25) is 0 Å². The van der Waals surface area contributed by atoms with Gasteiger partial charge in [-0.25, -0.2) is 4.79 Å². The zero-order chi connectivity index (χ0) is 17.8. The van der Waals surface area contributed by atoms with Crippen molar-refractivity contribution in [1.82, 2.24) is 4.90 Å². The number of aliphatic hydroxyl groups is 1. The van der Waals surface area contributed by atoms with E-state index in [1.807, 2.05) is 12.1 Å². The maximum absolute atomic E-state index is 12.0. The van der Waals surface area contributed by atoms with Crippen LogP contribution in [0.5, 0.6) is 0 Å². The first kappa shape index (κ1) is 17.6. The van der Waals surface area contributed by atoms with E-state index in [-0.39, 0.29) is 18.1 Å². The Bertz CT molecular complexity index is 815. The first-order valence-electron chi connectivity index (χ1n) is 8.76. The number of carbonyl (C=O) groups excluding carboxylic acids is 1. The average Bonchev–Trinajstić information content (AvgIpc) is 2.99. The molecule has 2 aromatic rings. The Balaban J connectivity index is 1.88. The van der Waals surface area contributed by atoms with Gasteiger partial charge in [0.05, 0.1) is 0 Å². The summed E-state index contributed by atoms with van der Waals surface area (Å²) in [7, 11) is 0. The molecular weight excluding hydrogens is 320 g/mol. The van der Waals surface area contributed by atoms with Crippen LogP contribution in [0.25, 0.3) is 11.0 Å². The van der Waals surface area contributed by atoms with E-state index >= 15 is 0 Å². The molecular formula is C19H24N2O4. The summed E-state index contributed by atoms with van der Waals surface area (Å²) >= 11 is 0. The number of carbonyl (C=O) groups is 1. The zero-order valence-electron chi connectivity index (χ0n) is 14.5. The minimum atomic E-state index is -0.381. The smallest absolute Gasteiger partial charge is 0.336 e. The highest BCUT2D eigenvalue weighted by Crippen LogP contribution is 2.27. The molecule has 1 amide bonds. The van der Waals surface area contributed by atoms with Crippen LogP contribution in [0.1, 0.15) is 38.2 Å². The molecule has 1 saturated heterocycles. The van der Waals surface area contributed by atoms with E-state index in [1.54, 1.807) is 12.1 Å². The van der Waals surface area contributed by atoms with Gasteiger partial charge in [0, 0.05) is 49.3 Å². The summed E-state index contributed by atoms with van der Waals surface area (Å²) in [6.07, 6.45) is 4.05. The van der Waals surface area contributed by atoms with Gasteiger partial charge in [-0.1, -0.05) is 0 Å². The quantitative estimate of drug-likeness (QED) is 0.787. The third-order valence-corrected chi connectivity index (χ3v) is 4.72. The zero-order valence-corrected chi connectivity index (χ0v) is 14.5. The summed E-state index contributed by atoms with van der Waals surface area (Å²) in [6.45, 7) is 3.35. The van der Waals surface area contributed by atoms with Crippen molar-refractivity contribution in [3.05, 3.63) is 40.2 Å². The molecule has 0 aliphatic carbocycles. The lowest BCUT2D eigenvalue weighted by Crippen LogP contribution is -2.29. The first-order chi connectivity index (χ1) is 12.1. The third kappa shape index (κ3) is 4.27. The number of nitrogens with one attached hydrogen (secondary N) is 1. The molecule has 1 aromatic heterocycles. The lowest BCUT2D eigenvalue weighted by atomic mass is 10.1. The van der Waals surface area contributed by atoms with Crippen molar-refractivity contribution >= 4 is 22.6 Å². The Morgan fingerprint density at radius 1 is 1.40 bits per heavy atom. The van der Waals surface area contributed by atoms with E-state index in [2.05, 4.69) is 10.2 Å². The van der Waals surface area contributed by atoms with Crippen molar-refractivity contribution in [3.8, 4) is 0 Å². The van der Waals surface area contributed by atoms with Crippen LogP contribution in [-0.4, -0.2) is 35.1 Å². The molecule has 0 radical (unpaired) electrons. The number of nitrogens with zero attached hydrogens (tertiary/aromatic N) is 1. The van der Waals surface area contributed by atoms with E-state index in [0.717, 1.165) is 43.2 Å². The molecule has 6 heteroatoms. The molecule has 6 nitrogen and oxygen atoms in total. The highest BCUT2D eigenvalue weighted by molar-refractivity contribution is 5.92. The standard InChI is InChI=1S/C19H24N2O4/c1-13(23)20-15-6-7-17-14(10-19(24)25-18(17)11-15)12-21-8-2-4-16(21)5-3-9-22/h6-7,10-11,16,22H,2-5,8-9,12H2,1H3,(H,20,23). The summed E-state index contributed by atoms with van der Waals surface area (Å²) in [5.41, 5.74) is 1.66. The number of hydrogen-bond donors (Lipinski definition) is 2. The molecule has 25 heavy (non-hydrogen) atoms. The molecule has 1 fully saturated rings. The van der Waals surface area contributed by atoms with Crippen molar-refractivity contribution in [2.45, 2.75) is 45.2 Å². The first-order valence-corrected chi connectivity index (χ1v) is 8.76. The monoisotopic (exact) mass is 344 g/mol. The summed E-state index contributed by atoms with van der Waals surface area (Å²) in [5, 5.41) is 12.7. The van der Waals surface area contributed by atoms with Crippen molar-refractivity contribution in [1.29, 1.82) is 0 Å². The maximum atomic E-state index is 12.0. The summed E-state index contributed by atoms with van der Waals surface area (Å²) < 4.78 is 5.32. The fourth-order valence-corrected chi connectivity index (χ4v) is 3.62. The third-order valence-electron chi connectivity index (χ3n) is 4.72. The van der Waals surface area contributed by atoms with Crippen LogP contribution in [0, 0.1) is 0 Å². The van der Waals surface area contributed by atoms with Crippen molar-refractivity contribution in [3.63, 3.8) is 0 Å². The second kappa shape index (κ2) is 7.80. The van der Waals surface area contributed by atoms with Gasteiger partial charge in [0.2, 0.25) is 5.91 Å². The van der Waals surface area contributed by atoms with Gasteiger partial charge in [-0.15, -0.1) is 0 Å². The number of aliphatic hydroxyl groups excluding tert-OH is 1. The van der Waals surface area contributed by atoms with E-state index < -0.39 is 0 Å². The van der Waals surface area contributed by atoms with Crippen molar-refractivity contribution in [2.75, 3.05) is 18.5 Å². The molecule has 1 aliphatic rings. The fourth-order valence-electron chi connectivity index (χ4n) is 3.62. The lowest BCUT2D eigenvalue weighted by Gasteiger charge is -2.24. The SMILES string of the molecule is CC(=O)Nc1ccc2c(CN3CCCC3CCCO)cc(=O)oc2c1. The average molecular weight is 344 g/mol. The van der Waals surface area contributed by atoms with Gasteiger partial charge >= 0.3 is 5.63 Å². The van der Waals surface area contributed by atoms with Crippen LogP contribution in [-0.2, 0) is 11.3 Å².